The smallest absolute Gasteiger partial charge is 0.155 e. The van der Waals surface area contributed by atoms with Crippen molar-refractivity contribution in [1.29, 1.82) is 0 Å². The van der Waals surface area contributed by atoms with Crippen LogP contribution in [0.15, 0.2) is 120 Å². The second-order valence-electron chi connectivity index (χ2n) is 9.42. The van der Waals surface area contributed by atoms with Crippen LogP contribution in [-0.2, 0) is 24.9 Å². The van der Waals surface area contributed by atoms with E-state index in [-0.39, 0.29) is 37.7 Å². The van der Waals surface area contributed by atoms with Crippen molar-refractivity contribution in [3.05, 3.63) is 137 Å². The van der Waals surface area contributed by atoms with E-state index in [9.17, 15) is 4.79 Å². The Kier molecular flexibility index (Phi) is 8.75. The van der Waals surface area contributed by atoms with Crippen LogP contribution in [0.1, 0.15) is 37.9 Å². The number of rotatable bonds is 3. The standard InChI is InChI=1S/C29H20N2.C5H8O2.Ir/c1-19-18-30-28-24-14-12-22(20-8-4-2-5-9-20)16-26(24)27-17-23(21-10-6-3-7-11-21)13-15-25(27)29(28)31-19;1-4(6)3-5(2)7;/h2-13,15-18,28H,1H3;3,6H,1-2H3;/q-2;;/b;4-3-;. The number of aliphatic hydroxyl groups excluding tert-OH is 1. The van der Waals surface area contributed by atoms with E-state index in [4.69, 9.17) is 15.4 Å². The topological polar surface area (TPSA) is 63.8 Å². The van der Waals surface area contributed by atoms with E-state index >= 15 is 0 Å². The number of aliphatic imine (C=N–C) groups is 1. The summed E-state index contributed by atoms with van der Waals surface area (Å²) in [6.45, 7) is 4.85. The summed E-state index contributed by atoms with van der Waals surface area (Å²) < 4.78 is 0. The predicted octanol–water partition coefficient (Wildman–Crippen LogP) is 8.61. The molecule has 4 nitrogen and oxygen atoms in total. The fraction of sp³-hybridized carbons (Fsp3) is 0.118. The molecule has 2 aliphatic rings. The van der Waals surface area contributed by atoms with E-state index in [1.54, 1.807) is 0 Å². The number of benzene rings is 4. The minimum absolute atomic E-state index is 0. The minimum atomic E-state index is -0.125. The summed E-state index contributed by atoms with van der Waals surface area (Å²) in [6, 6.07) is 35.5. The number of hydrogen-bond acceptors (Lipinski definition) is 3. The van der Waals surface area contributed by atoms with Gasteiger partial charge in [0.2, 0.25) is 0 Å². The molecule has 1 aliphatic carbocycles. The first kappa shape index (κ1) is 28.0. The van der Waals surface area contributed by atoms with Crippen LogP contribution in [0.25, 0.3) is 38.7 Å². The van der Waals surface area contributed by atoms with E-state index < -0.39 is 0 Å². The van der Waals surface area contributed by atoms with Gasteiger partial charge in [0.05, 0.1) is 5.76 Å². The van der Waals surface area contributed by atoms with Crippen molar-refractivity contribution in [2.24, 2.45) is 4.99 Å². The second kappa shape index (κ2) is 12.2. The summed E-state index contributed by atoms with van der Waals surface area (Å²) in [4.78, 5) is 14.9. The van der Waals surface area contributed by atoms with E-state index in [1.807, 2.05) is 19.2 Å². The molecule has 1 N–H and O–H groups in total. The third kappa shape index (κ3) is 6.17. The van der Waals surface area contributed by atoms with Crippen LogP contribution >= 0.6 is 0 Å². The van der Waals surface area contributed by atoms with Gasteiger partial charge in [-0.3, -0.25) is 9.79 Å². The predicted molar refractivity (Wildman–Crippen MR) is 155 cm³/mol. The van der Waals surface area contributed by atoms with Gasteiger partial charge in [0, 0.05) is 37.6 Å². The van der Waals surface area contributed by atoms with Crippen LogP contribution in [0.5, 0.6) is 0 Å². The van der Waals surface area contributed by atoms with Crippen LogP contribution in [0.3, 0.4) is 0 Å². The number of carbonyl (C=O) groups is 1. The van der Waals surface area contributed by atoms with E-state index in [1.165, 1.54) is 53.3 Å². The largest absolute Gasteiger partial charge is 0.680 e. The summed E-state index contributed by atoms with van der Waals surface area (Å²) in [5.74, 6) is -0.0625. The Balaban J connectivity index is 0.000000394. The number of aliphatic hydroxyl groups is 1. The van der Waals surface area contributed by atoms with E-state index in [0.29, 0.717) is 0 Å². The first-order valence-electron chi connectivity index (χ1n) is 12.5. The van der Waals surface area contributed by atoms with Gasteiger partial charge in [0.15, 0.2) is 5.78 Å². The zero-order chi connectivity index (χ0) is 26.6. The van der Waals surface area contributed by atoms with Gasteiger partial charge in [0.25, 0.3) is 0 Å². The average molecular weight is 689 g/mol. The molecule has 4 aromatic rings. The maximum atomic E-state index is 10.0. The van der Waals surface area contributed by atoms with Crippen molar-refractivity contribution in [3.63, 3.8) is 0 Å². The molecule has 39 heavy (non-hydrogen) atoms. The first-order valence-corrected chi connectivity index (χ1v) is 12.5. The molecule has 197 valence electrons. The molecule has 0 saturated heterocycles. The van der Waals surface area contributed by atoms with Gasteiger partial charge in [-0.1, -0.05) is 96.0 Å². The Bertz CT molecular complexity index is 1580. The van der Waals surface area contributed by atoms with Gasteiger partial charge in [-0.25, -0.2) is 0 Å². The normalized spacial score (nSPS) is 14.9. The summed E-state index contributed by atoms with van der Waals surface area (Å²) in [6.07, 6.45) is 3.04. The molecule has 1 unspecified atom stereocenters. The van der Waals surface area contributed by atoms with E-state index in [2.05, 4.69) is 91.0 Å². The average Bonchev–Trinajstić information content (AvgIpc) is 2.93. The number of ketones is 1. The monoisotopic (exact) mass is 689 g/mol. The number of carbonyl (C=O) groups excluding carboxylic acids is 1. The molecule has 0 fully saturated rings. The molecule has 0 bridgehead atoms. The van der Waals surface area contributed by atoms with Crippen molar-refractivity contribution < 1.29 is 30.0 Å². The summed E-state index contributed by atoms with van der Waals surface area (Å²) in [5, 5.41) is 13.2. The molecule has 6 rings (SSSR count). The Morgan fingerprint density at radius 2 is 1.46 bits per heavy atom. The second-order valence-corrected chi connectivity index (χ2v) is 9.42. The fourth-order valence-corrected chi connectivity index (χ4v) is 4.80. The van der Waals surface area contributed by atoms with Gasteiger partial charge < -0.3 is 10.4 Å². The van der Waals surface area contributed by atoms with Gasteiger partial charge in [-0.2, -0.15) is 30.0 Å². The van der Waals surface area contributed by atoms with E-state index in [0.717, 1.165) is 22.5 Å². The molecule has 0 spiro atoms. The van der Waals surface area contributed by atoms with Crippen molar-refractivity contribution in [2.45, 2.75) is 26.8 Å². The van der Waals surface area contributed by atoms with Gasteiger partial charge >= 0.3 is 0 Å². The molecule has 4 aromatic carbocycles. The maximum absolute atomic E-state index is 10.0. The molecular formula is C34H28IrN2O2-2. The zero-order valence-corrected chi connectivity index (χ0v) is 24.4. The Labute approximate surface area is 243 Å². The van der Waals surface area contributed by atoms with Crippen LogP contribution in [0, 0.1) is 6.07 Å². The molecule has 0 saturated carbocycles. The molecule has 1 radical (unpaired) electrons. The minimum Gasteiger partial charge on any atom is -0.680 e. The van der Waals surface area contributed by atoms with Gasteiger partial charge in [-0.05, 0) is 37.5 Å². The van der Waals surface area contributed by atoms with Crippen molar-refractivity contribution >= 4 is 11.5 Å². The fourth-order valence-electron chi connectivity index (χ4n) is 4.80. The van der Waals surface area contributed by atoms with Crippen molar-refractivity contribution in [1.82, 2.24) is 0 Å². The van der Waals surface area contributed by atoms with Gasteiger partial charge in [-0.15, -0.1) is 11.1 Å². The van der Waals surface area contributed by atoms with Crippen LogP contribution < -0.4 is 0 Å². The molecule has 0 amide bonds. The maximum Gasteiger partial charge on any atom is 0.155 e. The molecule has 0 aromatic heterocycles. The first-order chi connectivity index (χ1) is 18.4. The van der Waals surface area contributed by atoms with Crippen molar-refractivity contribution in [2.75, 3.05) is 0 Å². The van der Waals surface area contributed by atoms with Crippen LogP contribution in [0.2, 0.25) is 0 Å². The third-order valence-corrected chi connectivity index (χ3v) is 6.42. The Morgan fingerprint density at radius 1 is 0.846 bits per heavy atom. The Hall–Kier alpha value is -4.05. The summed E-state index contributed by atoms with van der Waals surface area (Å²) in [5.41, 5.74) is 11.4. The SMILES string of the molecule is CC(=O)/C=C(/C)O.CC1=C[N-]C2C(=N1)c1ccc(-c3ccccc3)cc1-c1cc(-c3ccccc3)c[c-]c12.[Ir]. The number of allylic oxidation sites excluding steroid dienone is 3. The molecule has 5 heteroatoms. The molecule has 1 aliphatic heterocycles. The molecule has 1 atom stereocenters. The van der Waals surface area contributed by atoms with Gasteiger partial charge in [0.1, 0.15) is 0 Å². The number of fused-ring (bicyclic) bond motifs is 6. The Morgan fingerprint density at radius 3 is 2.05 bits per heavy atom. The van der Waals surface area contributed by atoms with Crippen molar-refractivity contribution in [3.8, 4) is 33.4 Å². The molecular weight excluding hydrogens is 661 g/mol. The zero-order valence-electron chi connectivity index (χ0n) is 22.0. The van der Waals surface area contributed by atoms with Crippen LogP contribution in [0.4, 0.5) is 0 Å². The summed E-state index contributed by atoms with van der Waals surface area (Å²) >= 11 is 0. The number of nitrogens with zero attached hydrogens (tertiary/aromatic N) is 2. The number of hydrogen-bond donors (Lipinski definition) is 1. The molecule has 1 heterocycles. The third-order valence-electron chi connectivity index (χ3n) is 6.42. The summed E-state index contributed by atoms with van der Waals surface area (Å²) in [7, 11) is 0. The van der Waals surface area contributed by atoms with Crippen LogP contribution in [-0.4, -0.2) is 16.6 Å². The quantitative estimate of drug-likeness (QED) is 0.133.